The van der Waals surface area contributed by atoms with Gasteiger partial charge in [0.2, 0.25) is 10.0 Å². The Balaban J connectivity index is 1.44. The van der Waals surface area contributed by atoms with Crippen LogP contribution in [-0.2, 0) is 14.8 Å². The highest BCUT2D eigenvalue weighted by Gasteiger charge is 2.29. The van der Waals surface area contributed by atoms with Gasteiger partial charge in [-0.05, 0) is 74.6 Å². The highest BCUT2D eigenvalue weighted by atomic mass is 32.2. The molecule has 1 fully saturated rings. The van der Waals surface area contributed by atoms with Crippen LogP contribution in [0.4, 0.5) is 5.00 Å². The first-order valence-corrected chi connectivity index (χ1v) is 15.8. The van der Waals surface area contributed by atoms with Gasteiger partial charge in [-0.1, -0.05) is 19.1 Å². The number of amides is 1. The number of anilines is 1. The molecule has 0 bridgehead atoms. The van der Waals surface area contributed by atoms with E-state index in [1.54, 1.807) is 6.92 Å². The number of hydrogen-bond acceptors (Lipinski definition) is 8. The Hall–Kier alpha value is -3.12. The molecule has 2 aromatic carbocycles. The number of ether oxygens (including phenoxy) is 1. The van der Waals surface area contributed by atoms with Crippen molar-refractivity contribution < 1.29 is 22.7 Å². The Labute approximate surface area is 235 Å². The van der Waals surface area contributed by atoms with Crippen LogP contribution in [0, 0.1) is 12.8 Å². The standard InChI is InChI=1S/C28H29N3O5S3/c1-4-36-28(33)24-18(3)23(26-29-21-9-5-6-10-22(21)37-26)27(38-24)30-25(32)19-11-13-20(14-12-19)39(34,35)31-15-7-8-17(2)16-31/h5-6,9-14,17H,4,7-8,15-16H2,1-3H3,(H,30,32). The van der Waals surface area contributed by atoms with Crippen molar-refractivity contribution in [2.75, 3.05) is 25.0 Å². The van der Waals surface area contributed by atoms with Crippen molar-refractivity contribution in [2.24, 2.45) is 5.92 Å². The van der Waals surface area contributed by atoms with Crippen molar-refractivity contribution in [3.63, 3.8) is 0 Å². The zero-order chi connectivity index (χ0) is 27.7. The number of carbonyl (C=O) groups is 2. The number of rotatable bonds is 7. The second kappa shape index (κ2) is 11.2. The fraction of sp³-hybridized carbons (Fsp3) is 0.321. The molecule has 1 aliphatic rings. The van der Waals surface area contributed by atoms with Gasteiger partial charge in [-0.25, -0.2) is 18.2 Å². The summed E-state index contributed by atoms with van der Waals surface area (Å²) >= 11 is 2.62. The molecule has 11 heteroatoms. The van der Waals surface area contributed by atoms with E-state index in [4.69, 9.17) is 9.72 Å². The van der Waals surface area contributed by atoms with E-state index in [2.05, 4.69) is 12.2 Å². The van der Waals surface area contributed by atoms with Crippen LogP contribution in [0.3, 0.4) is 0 Å². The number of thiazole rings is 1. The number of sulfonamides is 1. The molecule has 5 rings (SSSR count). The number of para-hydroxylation sites is 1. The summed E-state index contributed by atoms with van der Waals surface area (Å²) < 4.78 is 34.0. The zero-order valence-corrected chi connectivity index (χ0v) is 24.3. The number of carbonyl (C=O) groups excluding carboxylic acids is 2. The lowest BCUT2D eigenvalue weighted by Crippen LogP contribution is -2.39. The van der Waals surface area contributed by atoms with Gasteiger partial charge < -0.3 is 10.1 Å². The third-order valence-electron chi connectivity index (χ3n) is 6.72. The normalized spacial score (nSPS) is 16.3. The number of piperidine rings is 1. The molecule has 8 nitrogen and oxygen atoms in total. The van der Waals surface area contributed by atoms with Crippen molar-refractivity contribution in [1.29, 1.82) is 0 Å². The third kappa shape index (κ3) is 5.49. The van der Waals surface area contributed by atoms with Gasteiger partial charge >= 0.3 is 5.97 Å². The molecule has 1 N–H and O–H groups in total. The van der Waals surface area contributed by atoms with Crippen LogP contribution >= 0.6 is 22.7 Å². The van der Waals surface area contributed by atoms with Crippen molar-refractivity contribution in [1.82, 2.24) is 9.29 Å². The van der Waals surface area contributed by atoms with E-state index >= 15 is 0 Å². The molecular formula is C28H29N3O5S3. The molecule has 1 amide bonds. The molecule has 4 aromatic rings. The second-order valence-electron chi connectivity index (χ2n) is 9.56. The van der Waals surface area contributed by atoms with E-state index in [1.807, 2.05) is 31.2 Å². The van der Waals surface area contributed by atoms with Crippen LogP contribution < -0.4 is 5.32 Å². The first kappa shape index (κ1) is 27.4. The smallest absolute Gasteiger partial charge is 0.348 e. The first-order chi connectivity index (χ1) is 18.7. The number of thiophene rings is 1. The minimum absolute atomic E-state index is 0.167. The second-order valence-corrected chi connectivity index (χ2v) is 13.5. The monoisotopic (exact) mass is 583 g/mol. The minimum atomic E-state index is -3.62. The maximum Gasteiger partial charge on any atom is 0.348 e. The quantitative estimate of drug-likeness (QED) is 0.260. The van der Waals surface area contributed by atoms with E-state index in [9.17, 15) is 18.0 Å². The molecule has 1 aliphatic heterocycles. The Morgan fingerprint density at radius 3 is 2.56 bits per heavy atom. The van der Waals surface area contributed by atoms with Gasteiger partial charge in [-0.15, -0.1) is 22.7 Å². The number of fused-ring (bicyclic) bond motifs is 1. The predicted octanol–water partition coefficient (Wildman–Crippen LogP) is 6.18. The van der Waals surface area contributed by atoms with E-state index in [-0.39, 0.29) is 11.5 Å². The van der Waals surface area contributed by atoms with Crippen LogP contribution in [0.2, 0.25) is 0 Å². The van der Waals surface area contributed by atoms with Gasteiger partial charge in [0.25, 0.3) is 5.91 Å². The third-order valence-corrected chi connectivity index (χ3v) is 10.8. The minimum Gasteiger partial charge on any atom is -0.462 e. The number of nitrogens with one attached hydrogen (secondary N) is 1. The van der Waals surface area contributed by atoms with Crippen molar-refractivity contribution in [3.8, 4) is 10.6 Å². The van der Waals surface area contributed by atoms with Crippen molar-refractivity contribution in [2.45, 2.75) is 38.5 Å². The predicted molar refractivity (Wildman–Crippen MR) is 155 cm³/mol. The summed E-state index contributed by atoms with van der Waals surface area (Å²) in [6, 6.07) is 13.7. The summed E-state index contributed by atoms with van der Waals surface area (Å²) in [6.45, 7) is 6.86. The van der Waals surface area contributed by atoms with Gasteiger partial charge in [0.1, 0.15) is 14.9 Å². The van der Waals surface area contributed by atoms with E-state index < -0.39 is 21.9 Å². The Morgan fingerprint density at radius 1 is 1.13 bits per heavy atom. The van der Waals surface area contributed by atoms with Crippen LogP contribution in [0.15, 0.2) is 53.4 Å². The molecule has 1 atom stereocenters. The molecule has 0 spiro atoms. The fourth-order valence-electron chi connectivity index (χ4n) is 4.70. The van der Waals surface area contributed by atoms with E-state index in [0.29, 0.717) is 50.6 Å². The molecule has 2 aromatic heterocycles. The van der Waals surface area contributed by atoms with Gasteiger partial charge in [0, 0.05) is 24.2 Å². The molecule has 0 radical (unpaired) electrons. The maximum absolute atomic E-state index is 13.3. The molecule has 1 saturated heterocycles. The lowest BCUT2D eigenvalue weighted by atomic mass is 10.0. The zero-order valence-electron chi connectivity index (χ0n) is 21.9. The molecule has 0 aliphatic carbocycles. The molecular weight excluding hydrogens is 555 g/mol. The number of esters is 1. The summed E-state index contributed by atoms with van der Waals surface area (Å²) in [7, 11) is -3.62. The van der Waals surface area contributed by atoms with Crippen LogP contribution in [0.25, 0.3) is 20.8 Å². The number of hydrogen-bond donors (Lipinski definition) is 1. The average molecular weight is 584 g/mol. The summed E-state index contributed by atoms with van der Waals surface area (Å²) in [5.74, 6) is -0.550. The fourth-order valence-corrected chi connectivity index (χ4v) is 8.53. The maximum atomic E-state index is 13.3. The summed E-state index contributed by atoms with van der Waals surface area (Å²) in [6.07, 6.45) is 1.86. The number of benzene rings is 2. The van der Waals surface area contributed by atoms with Gasteiger partial charge in [0.15, 0.2) is 0 Å². The SMILES string of the molecule is CCOC(=O)c1sc(NC(=O)c2ccc(S(=O)(=O)N3CCCC(C)C3)cc2)c(-c2nc3ccccc3s2)c1C. The van der Waals surface area contributed by atoms with Crippen LogP contribution in [0.5, 0.6) is 0 Å². The van der Waals surface area contributed by atoms with Gasteiger partial charge in [0.05, 0.1) is 21.7 Å². The van der Waals surface area contributed by atoms with Crippen molar-refractivity contribution >= 4 is 59.8 Å². The topological polar surface area (TPSA) is 106 Å². The molecule has 39 heavy (non-hydrogen) atoms. The average Bonchev–Trinajstić information content (AvgIpc) is 3.49. The Bertz CT molecular complexity index is 1610. The van der Waals surface area contributed by atoms with E-state index in [0.717, 1.165) is 34.4 Å². The number of aromatic nitrogens is 1. The van der Waals surface area contributed by atoms with Gasteiger partial charge in [-0.2, -0.15) is 4.31 Å². The molecule has 3 heterocycles. The van der Waals surface area contributed by atoms with Crippen LogP contribution in [-0.4, -0.2) is 49.3 Å². The first-order valence-electron chi connectivity index (χ1n) is 12.8. The Morgan fingerprint density at radius 2 is 1.87 bits per heavy atom. The van der Waals surface area contributed by atoms with Gasteiger partial charge in [-0.3, -0.25) is 4.79 Å². The highest BCUT2D eigenvalue weighted by molar-refractivity contribution is 7.89. The van der Waals surface area contributed by atoms with Crippen molar-refractivity contribution in [3.05, 3.63) is 64.5 Å². The van der Waals surface area contributed by atoms with Crippen LogP contribution in [0.1, 0.15) is 52.3 Å². The van der Waals surface area contributed by atoms with E-state index in [1.165, 1.54) is 39.9 Å². The Kier molecular flexibility index (Phi) is 7.86. The summed E-state index contributed by atoms with van der Waals surface area (Å²) in [4.78, 5) is 31.3. The molecule has 1 unspecified atom stereocenters. The largest absolute Gasteiger partial charge is 0.462 e. The highest BCUT2D eigenvalue weighted by Crippen LogP contribution is 2.43. The summed E-state index contributed by atoms with van der Waals surface area (Å²) in [5, 5.41) is 4.11. The molecule has 204 valence electrons. The molecule has 0 saturated carbocycles. The lowest BCUT2D eigenvalue weighted by Gasteiger charge is -2.30. The summed E-state index contributed by atoms with van der Waals surface area (Å²) in [5.41, 5.74) is 2.50. The number of nitrogens with zero attached hydrogens (tertiary/aromatic N) is 2. The lowest BCUT2D eigenvalue weighted by molar-refractivity contribution is 0.0531.